The lowest BCUT2D eigenvalue weighted by atomic mass is 9.96. The topological polar surface area (TPSA) is 42.4 Å². The van der Waals surface area contributed by atoms with Gasteiger partial charge in [0.15, 0.2) is 5.78 Å². The van der Waals surface area contributed by atoms with Gasteiger partial charge in [-0.05, 0) is 12.1 Å². The number of rotatable bonds is 4. The number of methoxy groups -OCH3 is 1. The molecule has 1 aliphatic heterocycles. The number of halogens is 1. The summed E-state index contributed by atoms with van der Waals surface area (Å²) in [4.78, 5) is 17.6. The van der Waals surface area contributed by atoms with Crippen molar-refractivity contribution in [2.24, 2.45) is 5.92 Å². The number of hydrogen-bond acceptors (Lipinski definition) is 4. The summed E-state index contributed by atoms with van der Waals surface area (Å²) in [5, 5.41) is 0. The molecule has 1 aromatic heterocycles. The average Bonchev–Trinajstić information content (AvgIpc) is 2.27. The van der Waals surface area contributed by atoms with Crippen LogP contribution in [0.1, 0.15) is 0 Å². The highest BCUT2D eigenvalue weighted by Gasteiger charge is 2.32. The van der Waals surface area contributed by atoms with Gasteiger partial charge in [-0.3, -0.25) is 4.79 Å². The molecule has 0 bridgehead atoms. The summed E-state index contributed by atoms with van der Waals surface area (Å²) in [5.41, 5.74) is 0. The number of ether oxygens (including phenoxy) is 1. The quantitative estimate of drug-likeness (QED) is 0.745. The van der Waals surface area contributed by atoms with Gasteiger partial charge < -0.3 is 9.64 Å². The molecule has 0 aromatic carbocycles. The third-order valence-electron chi connectivity index (χ3n) is 2.75. The predicted octanol–water partition coefficient (Wildman–Crippen LogP) is 1.33. The Hall–Kier alpha value is -1.29. The van der Waals surface area contributed by atoms with Crippen LogP contribution in [-0.2, 0) is 4.79 Å². The Balaban J connectivity index is 1.93. The molecule has 86 valence electrons. The van der Waals surface area contributed by atoms with Gasteiger partial charge in [0.1, 0.15) is 11.6 Å². The monoisotopic (exact) mass is 240 g/mol. The summed E-state index contributed by atoms with van der Waals surface area (Å²) in [7, 11) is 1.61. The van der Waals surface area contributed by atoms with Crippen LogP contribution in [0.25, 0.3) is 0 Å². The fraction of sp³-hybridized carbons (Fsp3) is 0.455. The first-order valence-corrected chi connectivity index (χ1v) is 5.61. The Morgan fingerprint density at radius 3 is 2.88 bits per heavy atom. The molecule has 0 radical (unpaired) electrons. The summed E-state index contributed by atoms with van der Waals surface area (Å²) >= 11 is 5.49. The molecule has 0 aliphatic carbocycles. The number of Topliss-reactive ketones (excluding diaryl/α,β-unsaturated/α-hetero) is 1. The molecule has 1 aliphatic rings. The van der Waals surface area contributed by atoms with Crippen LogP contribution >= 0.6 is 11.6 Å². The van der Waals surface area contributed by atoms with E-state index in [0.29, 0.717) is 13.1 Å². The molecule has 0 spiro atoms. The first kappa shape index (κ1) is 11.2. The van der Waals surface area contributed by atoms with Crippen molar-refractivity contribution >= 4 is 23.2 Å². The highest BCUT2D eigenvalue weighted by atomic mass is 35.5. The van der Waals surface area contributed by atoms with Crippen molar-refractivity contribution in [2.75, 3.05) is 31.0 Å². The molecule has 1 aromatic rings. The van der Waals surface area contributed by atoms with E-state index in [4.69, 9.17) is 16.3 Å². The number of ketones is 1. The van der Waals surface area contributed by atoms with E-state index >= 15 is 0 Å². The molecule has 2 rings (SSSR count). The summed E-state index contributed by atoms with van der Waals surface area (Å²) in [6.07, 6.45) is 1.67. The van der Waals surface area contributed by atoms with E-state index in [1.165, 1.54) is 0 Å². The van der Waals surface area contributed by atoms with Crippen LogP contribution in [0.2, 0.25) is 0 Å². The lowest BCUT2D eigenvalue weighted by Gasteiger charge is -2.38. The maximum Gasteiger partial charge on any atom is 0.154 e. The Morgan fingerprint density at radius 2 is 2.38 bits per heavy atom. The van der Waals surface area contributed by atoms with Crippen molar-refractivity contribution in [3.05, 3.63) is 18.3 Å². The van der Waals surface area contributed by atoms with E-state index in [1.54, 1.807) is 13.3 Å². The van der Waals surface area contributed by atoms with Crippen LogP contribution in [-0.4, -0.2) is 36.8 Å². The fourth-order valence-corrected chi connectivity index (χ4v) is 1.88. The zero-order chi connectivity index (χ0) is 11.5. The van der Waals surface area contributed by atoms with E-state index < -0.39 is 0 Å². The Labute approximate surface area is 99.2 Å². The molecule has 1 fully saturated rings. The smallest absolute Gasteiger partial charge is 0.154 e. The lowest BCUT2D eigenvalue weighted by molar-refractivity contribution is -0.121. The van der Waals surface area contributed by atoms with Crippen molar-refractivity contribution in [1.82, 2.24) is 4.98 Å². The second kappa shape index (κ2) is 4.70. The second-order valence-corrected chi connectivity index (χ2v) is 4.03. The van der Waals surface area contributed by atoms with E-state index in [9.17, 15) is 4.79 Å². The number of hydrogen-bond donors (Lipinski definition) is 0. The number of carbonyl (C=O) groups is 1. The molecule has 0 atom stereocenters. The van der Waals surface area contributed by atoms with Crippen LogP contribution in [0.15, 0.2) is 18.3 Å². The highest BCUT2D eigenvalue weighted by molar-refractivity contribution is 6.28. The molecule has 5 heteroatoms. The van der Waals surface area contributed by atoms with E-state index in [0.717, 1.165) is 11.6 Å². The largest absolute Gasteiger partial charge is 0.495 e. The Bertz CT molecular complexity index is 374. The SMILES string of the molecule is COc1ccc(N2CC(C(=O)CCl)C2)nc1. The number of nitrogens with zero attached hydrogens (tertiary/aromatic N) is 2. The summed E-state index contributed by atoms with van der Waals surface area (Å²) in [5.74, 6) is 1.90. The van der Waals surface area contributed by atoms with Gasteiger partial charge in [0, 0.05) is 13.1 Å². The molecule has 16 heavy (non-hydrogen) atoms. The molecule has 0 amide bonds. The lowest BCUT2D eigenvalue weighted by Crippen LogP contribution is -2.51. The zero-order valence-electron chi connectivity index (χ0n) is 9.02. The average molecular weight is 241 g/mol. The van der Waals surface area contributed by atoms with E-state index in [-0.39, 0.29) is 17.6 Å². The molecule has 0 saturated carbocycles. The van der Waals surface area contributed by atoms with Gasteiger partial charge in [-0.1, -0.05) is 0 Å². The van der Waals surface area contributed by atoms with Crippen molar-refractivity contribution in [2.45, 2.75) is 0 Å². The van der Waals surface area contributed by atoms with Crippen molar-refractivity contribution in [3.63, 3.8) is 0 Å². The summed E-state index contributed by atoms with van der Waals surface area (Å²) in [6, 6.07) is 3.75. The molecule has 2 heterocycles. The van der Waals surface area contributed by atoms with Gasteiger partial charge in [0.05, 0.1) is 25.1 Å². The minimum atomic E-state index is 0.0707. The predicted molar refractivity (Wildman–Crippen MR) is 62.2 cm³/mol. The van der Waals surface area contributed by atoms with Gasteiger partial charge in [-0.2, -0.15) is 0 Å². The van der Waals surface area contributed by atoms with Crippen molar-refractivity contribution < 1.29 is 9.53 Å². The van der Waals surface area contributed by atoms with Crippen LogP contribution < -0.4 is 9.64 Å². The molecule has 0 N–H and O–H groups in total. The normalized spacial score (nSPS) is 15.8. The molecular formula is C11H13ClN2O2. The number of alkyl halides is 1. The number of aromatic nitrogens is 1. The third kappa shape index (κ3) is 2.11. The maximum absolute atomic E-state index is 11.3. The second-order valence-electron chi connectivity index (χ2n) is 3.76. The molecule has 1 saturated heterocycles. The standard InChI is InChI=1S/C11H13ClN2O2/c1-16-9-2-3-11(13-5-9)14-6-8(7-14)10(15)4-12/h2-3,5,8H,4,6-7H2,1H3. The van der Waals surface area contributed by atoms with Crippen LogP contribution in [0.5, 0.6) is 5.75 Å². The fourth-order valence-electron chi connectivity index (χ4n) is 1.66. The maximum atomic E-state index is 11.3. The highest BCUT2D eigenvalue weighted by Crippen LogP contribution is 2.24. The van der Waals surface area contributed by atoms with Gasteiger partial charge in [0.25, 0.3) is 0 Å². The molecule has 4 nitrogen and oxygen atoms in total. The zero-order valence-corrected chi connectivity index (χ0v) is 9.78. The third-order valence-corrected chi connectivity index (χ3v) is 3.01. The van der Waals surface area contributed by atoms with Crippen molar-refractivity contribution in [3.8, 4) is 5.75 Å². The van der Waals surface area contributed by atoms with Crippen LogP contribution in [0, 0.1) is 5.92 Å². The van der Waals surface area contributed by atoms with E-state index in [2.05, 4.69) is 9.88 Å². The Kier molecular flexibility index (Phi) is 3.29. The first-order valence-electron chi connectivity index (χ1n) is 5.08. The molecular weight excluding hydrogens is 228 g/mol. The summed E-state index contributed by atoms with van der Waals surface area (Å²) < 4.78 is 5.02. The van der Waals surface area contributed by atoms with E-state index in [1.807, 2.05) is 12.1 Å². The minimum absolute atomic E-state index is 0.0707. The number of anilines is 1. The van der Waals surface area contributed by atoms with Gasteiger partial charge in [-0.25, -0.2) is 4.98 Å². The van der Waals surface area contributed by atoms with Gasteiger partial charge in [0.2, 0.25) is 0 Å². The number of carbonyl (C=O) groups excluding carboxylic acids is 1. The van der Waals surface area contributed by atoms with Crippen molar-refractivity contribution in [1.29, 1.82) is 0 Å². The first-order chi connectivity index (χ1) is 7.74. The van der Waals surface area contributed by atoms with Gasteiger partial charge >= 0.3 is 0 Å². The Morgan fingerprint density at radius 1 is 1.62 bits per heavy atom. The molecule has 0 unspecified atom stereocenters. The number of pyridine rings is 1. The van der Waals surface area contributed by atoms with Gasteiger partial charge in [-0.15, -0.1) is 11.6 Å². The van der Waals surface area contributed by atoms with Crippen LogP contribution in [0.3, 0.4) is 0 Å². The minimum Gasteiger partial charge on any atom is -0.495 e. The van der Waals surface area contributed by atoms with Crippen LogP contribution in [0.4, 0.5) is 5.82 Å². The summed E-state index contributed by atoms with van der Waals surface area (Å²) in [6.45, 7) is 1.43.